The van der Waals surface area contributed by atoms with Crippen molar-refractivity contribution in [3.05, 3.63) is 30.3 Å². The quantitative estimate of drug-likeness (QED) is 0.873. The summed E-state index contributed by atoms with van der Waals surface area (Å²) in [6.45, 7) is 0.920. The van der Waals surface area contributed by atoms with Crippen LogP contribution in [-0.2, 0) is 9.84 Å². The molecule has 2 fully saturated rings. The van der Waals surface area contributed by atoms with Crippen LogP contribution in [0.15, 0.2) is 35.2 Å². The van der Waals surface area contributed by atoms with Crippen molar-refractivity contribution < 1.29 is 8.42 Å². The molecule has 2 aliphatic carbocycles. The van der Waals surface area contributed by atoms with Crippen molar-refractivity contribution >= 4 is 21.6 Å². The van der Waals surface area contributed by atoms with Crippen LogP contribution >= 0.6 is 11.8 Å². The Morgan fingerprint density at radius 2 is 1.95 bits per heavy atom. The lowest BCUT2D eigenvalue weighted by Gasteiger charge is -2.23. The molecule has 2 aliphatic rings. The fourth-order valence-electron chi connectivity index (χ4n) is 3.18. The van der Waals surface area contributed by atoms with Crippen LogP contribution in [0.5, 0.6) is 0 Å². The maximum Gasteiger partial charge on any atom is 0.151 e. The van der Waals surface area contributed by atoms with Crippen LogP contribution in [0.3, 0.4) is 0 Å². The molecule has 21 heavy (non-hydrogen) atoms. The zero-order chi connectivity index (χ0) is 14.9. The summed E-state index contributed by atoms with van der Waals surface area (Å²) in [7, 11) is -2.93. The average molecular weight is 325 g/mol. The Morgan fingerprint density at radius 1 is 1.24 bits per heavy atom. The summed E-state index contributed by atoms with van der Waals surface area (Å²) in [6.07, 6.45) is 6.64. The van der Waals surface area contributed by atoms with E-state index in [9.17, 15) is 8.42 Å². The Bertz CT molecular complexity index is 582. The van der Waals surface area contributed by atoms with Gasteiger partial charge in [0.15, 0.2) is 9.84 Å². The molecule has 2 atom stereocenters. The molecule has 116 valence electrons. The molecule has 1 aromatic rings. The van der Waals surface area contributed by atoms with Crippen LogP contribution in [0.4, 0.5) is 0 Å². The molecule has 1 aromatic carbocycles. The predicted octanol–water partition coefficient (Wildman–Crippen LogP) is 2.87. The summed E-state index contributed by atoms with van der Waals surface area (Å²) in [4.78, 5) is 1.31. The largest absolute Gasteiger partial charge is 0.311 e. The van der Waals surface area contributed by atoms with Gasteiger partial charge >= 0.3 is 0 Å². The minimum atomic E-state index is -2.93. The first-order valence-corrected chi connectivity index (χ1v) is 10.4. The van der Waals surface area contributed by atoms with Gasteiger partial charge in [-0.3, -0.25) is 0 Å². The molecule has 1 N–H and O–H groups in total. The molecule has 0 heterocycles. The second kappa shape index (κ2) is 5.94. The molecule has 0 unspecified atom stereocenters. The summed E-state index contributed by atoms with van der Waals surface area (Å²) in [5, 5.41) is 3.38. The minimum absolute atomic E-state index is 0.147. The smallest absolute Gasteiger partial charge is 0.151 e. The van der Waals surface area contributed by atoms with Gasteiger partial charge in [0.05, 0.1) is 5.25 Å². The van der Waals surface area contributed by atoms with Crippen LogP contribution in [0, 0.1) is 0 Å². The van der Waals surface area contributed by atoms with Gasteiger partial charge in [0.1, 0.15) is 0 Å². The molecular formula is C16H23NO2S2. The normalized spacial score (nSPS) is 27.7. The summed E-state index contributed by atoms with van der Waals surface area (Å²) in [5.41, 5.74) is 0. The van der Waals surface area contributed by atoms with E-state index >= 15 is 0 Å². The van der Waals surface area contributed by atoms with Crippen LogP contribution in [0.2, 0.25) is 0 Å². The Balaban J connectivity index is 1.57. The van der Waals surface area contributed by atoms with E-state index in [1.165, 1.54) is 24.0 Å². The third kappa shape index (κ3) is 3.82. The zero-order valence-electron chi connectivity index (χ0n) is 12.4. The highest BCUT2D eigenvalue weighted by Crippen LogP contribution is 2.51. The van der Waals surface area contributed by atoms with E-state index in [0.717, 1.165) is 25.8 Å². The maximum atomic E-state index is 11.8. The van der Waals surface area contributed by atoms with Crippen LogP contribution in [0.25, 0.3) is 0 Å². The molecule has 0 saturated heterocycles. The molecule has 0 aromatic heterocycles. The number of rotatable bonds is 6. The van der Waals surface area contributed by atoms with Crippen molar-refractivity contribution in [3.8, 4) is 0 Å². The Hall–Kier alpha value is -0.520. The molecule has 3 nitrogen and oxygen atoms in total. The van der Waals surface area contributed by atoms with Crippen LogP contribution in [-0.4, -0.2) is 37.3 Å². The lowest BCUT2D eigenvalue weighted by molar-refractivity contribution is 0.503. The topological polar surface area (TPSA) is 46.2 Å². The number of thioether (sulfide) groups is 1. The SMILES string of the molecule is CS(=O)(=O)[C@H]1CCC[C@@H]1NCC1(Sc2ccccc2)CC1. The first kappa shape index (κ1) is 15.4. The van der Waals surface area contributed by atoms with Crippen molar-refractivity contribution in [2.75, 3.05) is 12.8 Å². The molecule has 0 amide bonds. The van der Waals surface area contributed by atoms with Gasteiger partial charge in [-0.25, -0.2) is 8.42 Å². The number of hydrogen-bond donors (Lipinski definition) is 1. The third-order valence-corrected chi connectivity index (χ3v) is 7.73. The summed E-state index contributed by atoms with van der Waals surface area (Å²) >= 11 is 1.94. The molecule has 0 aliphatic heterocycles. The first-order valence-electron chi connectivity index (χ1n) is 7.65. The van der Waals surface area contributed by atoms with Gasteiger partial charge in [-0.2, -0.15) is 0 Å². The highest BCUT2D eigenvalue weighted by atomic mass is 32.2. The van der Waals surface area contributed by atoms with Gasteiger partial charge in [0, 0.05) is 28.5 Å². The van der Waals surface area contributed by atoms with Gasteiger partial charge < -0.3 is 5.32 Å². The first-order chi connectivity index (χ1) is 9.99. The molecule has 0 spiro atoms. The number of benzene rings is 1. The third-order valence-electron chi connectivity index (χ3n) is 4.57. The number of sulfone groups is 1. The van der Waals surface area contributed by atoms with Gasteiger partial charge in [-0.15, -0.1) is 11.8 Å². The number of hydrogen-bond acceptors (Lipinski definition) is 4. The second-order valence-electron chi connectivity index (χ2n) is 6.38. The highest BCUT2D eigenvalue weighted by molar-refractivity contribution is 8.01. The van der Waals surface area contributed by atoms with Gasteiger partial charge in [-0.1, -0.05) is 24.6 Å². The number of nitrogens with one attached hydrogen (secondary N) is 1. The van der Waals surface area contributed by atoms with Crippen molar-refractivity contribution in [2.24, 2.45) is 0 Å². The van der Waals surface area contributed by atoms with Crippen molar-refractivity contribution in [2.45, 2.75) is 53.0 Å². The molecular weight excluding hydrogens is 302 g/mol. The fraction of sp³-hybridized carbons (Fsp3) is 0.625. The average Bonchev–Trinajstić information content (AvgIpc) is 3.02. The van der Waals surface area contributed by atoms with Gasteiger partial charge in [-0.05, 0) is 37.8 Å². The maximum absolute atomic E-state index is 11.8. The second-order valence-corrected chi connectivity index (χ2v) is 10.2. The highest BCUT2D eigenvalue weighted by Gasteiger charge is 2.45. The van der Waals surface area contributed by atoms with E-state index in [-0.39, 0.29) is 16.0 Å². The monoisotopic (exact) mass is 325 g/mol. The van der Waals surface area contributed by atoms with E-state index < -0.39 is 9.84 Å². The van der Waals surface area contributed by atoms with Crippen molar-refractivity contribution in [1.29, 1.82) is 0 Å². The molecule has 2 saturated carbocycles. The molecule has 5 heteroatoms. The van der Waals surface area contributed by atoms with E-state index in [0.29, 0.717) is 0 Å². The standard InChI is InChI=1S/C16H23NO2S2/c1-21(18,19)15-9-5-8-14(15)17-12-16(10-11-16)20-13-6-3-2-4-7-13/h2-4,6-7,14-15,17H,5,8-12H2,1H3/t14-,15-/m0/s1. The summed E-state index contributed by atoms with van der Waals surface area (Å²) in [5.74, 6) is 0. The van der Waals surface area contributed by atoms with E-state index in [2.05, 4.69) is 29.6 Å². The Morgan fingerprint density at radius 3 is 2.57 bits per heavy atom. The van der Waals surface area contributed by atoms with Gasteiger partial charge in [0.25, 0.3) is 0 Å². The fourth-order valence-corrected chi connectivity index (χ4v) is 5.86. The molecule has 0 radical (unpaired) electrons. The van der Waals surface area contributed by atoms with E-state index in [1.54, 1.807) is 0 Å². The predicted molar refractivity (Wildman–Crippen MR) is 88.5 cm³/mol. The molecule has 0 bridgehead atoms. The Kier molecular flexibility index (Phi) is 4.35. The van der Waals surface area contributed by atoms with Crippen LogP contribution in [0.1, 0.15) is 32.1 Å². The summed E-state index contributed by atoms with van der Waals surface area (Å²) in [6, 6.07) is 10.6. The van der Waals surface area contributed by atoms with E-state index in [4.69, 9.17) is 0 Å². The van der Waals surface area contributed by atoms with Crippen LogP contribution < -0.4 is 5.32 Å². The summed E-state index contributed by atoms with van der Waals surface area (Å²) < 4.78 is 23.9. The van der Waals surface area contributed by atoms with Gasteiger partial charge in [0.2, 0.25) is 0 Å². The Labute approximate surface area is 131 Å². The zero-order valence-corrected chi connectivity index (χ0v) is 14.1. The lowest BCUT2D eigenvalue weighted by atomic mass is 10.2. The van der Waals surface area contributed by atoms with E-state index in [1.807, 2.05) is 17.8 Å². The minimum Gasteiger partial charge on any atom is -0.311 e. The van der Waals surface area contributed by atoms with Crippen molar-refractivity contribution in [1.82, 2.24) is 5.32 Å². The lowest BCUT2D eigenvalue weighted by Crippen LogP contribution is -2.43. The van der Waals surface area contributed by atoms with Crippen molar-refractivity contribution in [3.63, 3.8) is 0 Å². The molecule has 3 rings (SSSR count).